The Kier molecular flexibility index (Phi) is 6.81. The van der Waals surface area contributed by atoms with Crippen molar-refractivity contribution in [3.8, 4) is 0 Å². The molecule has 2 N–H and O–H groups in total. The van der Waals surface area contributed by atoms with Crippen LogP contribution in [-0.4, -0.2) is 31.9 Å². The third-order valence-electron chi connectivity index (χ3n) is 3.39. The first-order valence-corrected chi connectivity index (χ1v) is 6.97. The molecule has 4 heteroatoms. The fourth-order valence-corrected chi connectivity index (χ4v) is 2.18. The Morgan fingerprint density at radius 1 is 1.37 bits per heavy atom. The van der Waals surface area contributed by atoms with Crippen LogP contribution in [0.4, 0.5) is 10.1 Å². The molecule has 1 unspecified atom stereocenters. The minimum absolute atomic E-state index is 0.0332. The van der Waals surface area contributed by atoms with E-state index in [4.69, 9.17) is 0 Å². The quantitative estimate of drug-likeness (QED) is 0.761. The number of benzene rings is 1. The molecule has 0 aromatic heterocycles. The predicted octanol–water partition coefficient (Wildman–Crippen LogP) is 2.70. The average molecular weight is 268 g/mol. The number of nitrogens with one attached hydrogen (secondary N) is 1. The van der Waals surface area contributed by atoms with Crippen LogP contribution in [0.25, 0.3) is 0 Å². The molecule has 0 aliphatic heterocycles. The molecule has 0 saturated carbocycles. The molecule has 0 fully saturated rings. The van der Waals surface area contributed by atoms with Crippen molar-refractivity contribution in [1.29, 1.82) is 0 Å². The molecule has 0 saturated heterocycles. The fourth-order valence-electron chi connectivity index (χ4n) is 2.18. The molecule has 19 heavy (non-hydrogen) atoms. The molecule has 0 heterocycles. The molecule has 108 valence electrons. The number of hydrogen-bond donors (Lipinski definition) is 2. The van der Waals surface area contributed by atoms with Gasteiger partial charge in [-0.15, -0.1) is 0 Å². The molecule has 0 amide bonds. The van der Waals surface area contributed by atoms with E-state index >= 15 is 0 Å². The number of rotatable bonds is 8. The Balaban J connectivity index is 3.11. The Morgan fingerprint density at radius 2 is 2.11 bits per heavy atom. The minimum atomic E-state index is -0.218. The second-order valence-corrected chi connectivity index (χ2v) is 4.75. The van der Waals surface area contributed by atoms with Gasteiger partial charge in [0, 0.05) is 19.1 Å². The Morgan fingerprint density at radius 3 is 2.68 bits per heavy atom. The summed E-state index contributed by atoms with van der Waals surface area (Å²) in [6.45, 7) is 5.38. The number of unbranched alkanes of at least 4 members (excludes halogenated alkanes) is 1. The van der Waals surface area contributed by atoms with Crippen LogP contribution < -0.4 is 10.2 Å². The second kappa shape index (κ2) is 8.12. The molecular weight excluding hydrogens is 243 g/mol. The summed E-state index contributed by atoms with van der Waals surface area (Å²) in [7, 11) is 1.86. The van der Waals surface area contributed by atoms with E-state index in [9.17, 15) is 9.50 Å². The van der Waals surface area contributed by atoms with Gasteiger partial charge in [0.05, 0.1) is 12.3 Å². The van der Waals surface area contributed by atoms with Crippen LogP contribution in [0.3, 0.4) is 0 Å². The highest BCUT2D eigenvalue weighted by atomic mass is 19.1. The third kappa shape index (κ3) is 4.18. The van der Waals surface area contributed by atoms with Crippen LogP contribution in [0.5, 0.6) is 0 Å². The first-order chi connectivity index (χ1) is 9.15. The first-order valence-electron chi connectivity index (χ1n) is 6.97. The predicted molar refractivity (Wildman–Crippen MR) is 78.1 cm³/mol. The normalized spacial score (nSPS) is 12.5. The lowest BCUT2D eigenvalue weighted by Crippen LogP contribution is -2.30. The largest absolute Gasteiger partial charge is 0.395 e. The monoisotopic (exact) mass is 268 g/mol. The summed E-state index contributed by atoms with van der Waals surface area (Å²) in [4.78, 5) is 1.95. The van der Waals surface area contributed by atoms with E-state index in [0.29, 0.717) is 12.2 Å². The van der Waals surface area contributed by atoms with Crippen molar-refractivity contribution in [3.63, 3.8) is 0 Å². The van der Waals surface area contributed by atoms with Crippen LogP contribution in [0.15, 0.2) is 18.2 Å². The summed E-state index contributed by atoms with van der Waals surface area (Å²) < 4.78 is 14.2. The van der Waals surface area contributed by atoms with Crippen molar-refractivity contribution in [2.45, 2.75) is 32.7 Å². The number of anilines is 1. The average Bonchev–Trinajstić information content (AvgIpc) is 2.42. The maximum Gasteiger partial charge on any atom is 0.146 e. The van der Waals surface area contributed by atoms with Gasteiger partial charge in [0.25, 0.3) is 0 Å². The maximum absolute atomic E-state index is 14.2. The number of hydrogen-bond acceptors (Lipinski definition) is 3. The molecule has 1 atom stereocenters. The van der Waals surface area contributed by atoms with Gasteiger partial charge >= 0.3 is 0 Å². The first kappa shape index (κ1) is 15.9. The standard InChI is InChI=1S/C15H25FN2O/c1-4-5-9-18(10-11-19)15-13(12(2)17-3)7-6-8-14(15)16/h6-8,12,17,19H,4-5,9-11H2,1-3H3. The summed E-state index contributed by atoms with van der Waals surface area (Å²) in [5.41, 5.74) is 1.55. The summed E-state index contributed by atoms with van der Waals surface area (Å²) >= 11 is 0. The van der Waals surface area contributed by atoms with Crippen molar-refractivity contribution in [1.82, 2.24) is 5.32 Å². The van der Waals surface area contributed by atoms with Crippen LogP contribution in [0.1, 0.15) is 38.3 Å². The van der Waals surface area contributed by atoms with Crippen LogP contribution in [0.2, 0.25) is 0 Å². The minimum Gasteiger partial charge on any atom is -0.395 e. The summed E-state index contributed by atoms with van der Waals surface area (Å²) in [5, 5.41) is 12.3. The molecule has 1 aromatic carbocycles. The number of para-hydroxylation sites is 1. The lowest BCUT2D eigenvalue weighted by Gasteiger charge is -2.28. The van der Waals surface area contributed by atoms with Crippen molar-refractivity contribution in [2.75, 3.05) is 31.6 Å². The van der Waals surface area contributed by atoms with E-state index in [1.54, 1.807) is 6.07 Å². The topological polar surface area (TPSA) is 35.5 Å². The lowest BCUT2D eigenvalue weighted by atomic mass is 10.0. The van der Waals surface area contributed by atoms with Crippen LogP contribution in [0, 0.1) is 5.82 Å². The highest BCUT2D eigenvalue weighted by Crippen LogP contribution is 2.29. The number of aliphatic hydroxyl groups excluding tert-OH is 1. The van der Waals surface area contributed by atoms with E-state index < -0.39 is 0 Å². The van der Waals surface area contributed by atoms with Crippen molar-refractivity contribution < 1.29 is 9.50 Å². The second-order valence-electron chi connectivity index (χ2n) is 4.75. The van der Waals surface area contributed by atoms with Crippen molar-refractivity contribution >= 4 is 5.69 Å². The van der Waals surface area contributed by atoms with Crippen LogP contribution in [-0.2, 0) is 0 Å². The molecule has 0 aliphatic rings. The van der Waals surface area contributed by atoms with Gasteiger partial charge < -0.3 is 15.3 Å². The van der Waals surface area contributed by atoms with Gasteiger partial charge in [-0.1, -0.05) is 25.5 Å². The molecule has 3 nitrogen and oxygen atoms in total. The van der Waals surface area contributed by atoms with E-state index in [-0.39, 0.29) is 18.5 Å². The van der Waals surface area contributed by atoms with Crippen molar-refractivity contribution in [2.24, 2.45) is 0 Å². The SMILES string of the molecule is CCCCN(CCO)c1c(F)cccc1C(C)NC. The zero-order chi connectivity index (χ0) is 14.3. The molecule has 0 spiro atoms. The van der Waals surface area contributed by atoms with E-state index in [1.807, 2.05) is 24.9 Å². The highest BCUT2D eigenvalue weighted by molar-refractivity contribution is 5.56. The van der Waals surface area contributed by atoms with E-state index in [0.717, 1.165) is 24.9 Å². The molecule has 1 rings (SSSR count). The molecule has 1 aromatic rings. The van der Waals surface area contributed by atoms with Gasteiger partial charge in [-0.05, 0) is 32.0 Å². The van der Waals surface area contributed by atoms with E-state index in [1.165, 1.54) is 6.07 Å². The van der Waals surface area contributed by atoms with Gasteiger partial charge in [0.1, 0.15) is 5.82 Å². The van der Waals surface area contributed by atoms with Gasteiger partial charge in [-0.3, -0.25) is 0 Å². The smallest absolute Gasteiger partial charge is 0.146 e. The Hall–Kier alpha value is -1.13. The highest BCUT2D eigenvalue weighted by Gasteiger charge is 2.18. The number of nitrogens with zero attached hydrogens (tertiary/aromatic N) is 1. The third-order valence-corrected chi connectivity index (χ3v) is 3.39. The fraction of sp³-hybridized carbons (Fsp3) is 0.600. The Labute approximate surface area is 115 Å². The molecular formula is C15H25FN2O. The van der Waals surface area contributed by atoms with Crippen LogP contribution >= 0.6 is 0 Å². The summed E-state index contributed by atoms with van der Waals surface area (Å²) in [6.07, 6.45) is 2.04. The zero-order valence-electron chi connectivity index (χ0n) is 12.1. The maximum atomic E-state index is 14.2. The molecule has 0 aliphatic carbocycles. The van der Waals surface area contributed by atoms with E-state index in [2.05, 4.69) is 12.2 Å². The Bertz CT molecular complexity index is 384. The summed E-state index contributed by atoms with van der Waals surface area (Å²) in [6, 6.07) is 5.24. The lowest BCUT2D eigenvalue weighted by molar-refractivity contribution is 0.301. The van der Waals surface area contributed by atoms with Gasteiger partial charge in [-0.25, -0.2) is 4.39 Å². The molecule has 0 bridgehead atoms. The van der Waals surface area contributed by atoms with Gasteiger partial charge in [0.2, 0.25) is 0 Å². The number of halogens is 1. The van der Waals surface area contributed by atoms with Gasteiger partial charge in [-0.2, -0.15) is 0 Å². The van der Waals surface area contributed by atoms with Crippen molar-refractivity contribution in [3.05, 3.63) is 29.6 Å². The zero-order valence-corrected chi connectivity index (χ0v) is 12.1. The number of aliphatic hydroxyl groups is 1. The summed E-state index contributed by atoms with van der Waals surface area (Å²) in [5.74, 6) is -0.218. The molecule has 0 radical (unpaired) electrons. The van der Waals surface area contributed by atoms with Gasteiger partial charge in [0.15, 0.2) is 0 Å².